The van der Waals surface area contributed by atoms with Crippen LogP contribution in [0, 0.1) is 6.92 Å². The molecule has 2 N–H and O–H groups in total. The maximum Gasteiger partial charge on any atom is 0.270 e. The summed E-state index contributed by atoms with van der Waals surface area (Å²) in [6.45, 7) is 8.28. The number of anilines is 1. The molecule has 1 aliphatic heterocycles. The van der Waals surface area contributed by atoms with Gasteiger partial charge >= 0.3 is 0 Å². The molecule has 2 fully saturated rings. The Kier molecular flexibility index (Phi) is 5.42. The van der Waals surface area contributed by atoms with E-state index in [0.717, 1.165) is 73.9 Å². The summed E-state index contributed by atoms with van der Waals surface area (Å²) in [6.07, 6.45) is 4.64. The third kappa shape index (κ3) is 4.25. The molecule has 0 atom stereocenters. The topological polar surface area (TPSA) is 98.6 Å². The fraction of sp³-hybridized carbons (Fsp3) is 0.478. The van der Waals surface area contributed by atoms with Crippen molar-refractivity contribution < 1.29 is 4.79 Å². The molecule has 9 nitrogen and oxygen atoms in total. The molecule has 32 heavy (non-hydrogen) atoms. The van der Waals surface area contributed by atoms with Gasteiger partial charge in [0, 0.05) is 56.6 Å². The third-order valence-corrected chi connectivity index (χ3v) is 6.28. The minimum atomic E-state index is -0.0770. The van der Waals surface area contributed by atoms with E-state index in [0.29, 0.717) is 18.2 Å². The highest BCUT2D eigenvalue weighted by molar-refractivity contribution is 5.93. The molecule has 0 spiro atoms. The van der Waals surface area contributed by atoms with Crippen LogP contribution in [0.4, 0.5) is 5.69 Å². The van der Waals surface area contributed by atoms with E-state index >= 15 is 0 Å². The number of aryl methyl sites for hydroxylation is 2. The van der Waals surface area contributed by atoms with Gasteiger partial charge in [-0.05, 0) is 38.3 Å². The van der Waals surface area contributed by atoms with E-state index in [2.05, 4.69) is 30.2 Å². The zero-order valence-corrected chi connectivity index (χ0v) is 18.6. The maximum absolute atomic E-state index is 12.2. The van der Waals surface area contributed by atoms with Crippen LogP contribution in [0.2, 0.25) is 0 Å². The van der Waals surface area contributed by atoms with E-state index in [-0.39, 0.29) is 11.5 Å². The van der Waals surface area contributed by atoms with E-state index in [4.69, 9.17) is 0 Å². The van der Waals surface area contributed by atoms with Crippen LogP contribution in [0.25, 0.3) is 5.65 Å². The number of rotatable bonds is 6. The van der Waals surface area contributed by atoms with Crippen LogP contribution in [0.5, 0.6) is 0 Å². The predicted octanol–water partition coefficient (Wildman–Crippen LogP) is 1.50. The highest BCUT2D eigenvalue weighted by Crippen LogP contribution is 2.22. The summed E-state index contributed by atoms with van der Waals surface area (Å²) in [5.41, 5.74) is 4.84. The number of nitrogens with one attached hydrogen (secondary N) is 2. The number of hydrogen-bond donors (Lipinski definition) is 2. The van der Waals surface area contributed by atoms with Gasteiger partial charge in [-0.2, -0.15) is 5.10 Å². The van der Waals surface area contributed by atoms with Crippen molar-refractivity contribution in [1.29, 1.82) is 0 Å². The van der Waals surface area contributed by atoms with Crippen LogP contribution in [-0.2, 0) is 13.0 Å². The third-order valence-electron chi connectivity index (χ3n) is 6.28. The number of aromatic amines is 1. The molecule has 5 rings (SSSR count). The summed E-state index contributed by atoms with van der Waals surface area (Å²) < 4.78 is 1.77. The lowest BCUT2D eigenvalue weighted by Gasteiger charge is -2.36. The number of carbonyl (C=O) groups excluding carboxylic acids is 1. The number of fused-ring (bicyclic) bond motifs is 1. The summed E-state index contributed by atoms with van der Waals surface area (Å²) >= 11 is 0. The molecule has 3 aromatic rings. The number of piperazine rings is 1. The molecular formula is C23H29N7O2. The SMILES string of the molecule is CCc1cn2nc(CN3CCN(c4ccc(C(=O)NC5CC5)nc4C)CC3)cc2[nH]c1=O. The van der Waals surface area contributed by atoms with E-state index in [1.807, 2.05) is 38.2 Å². The maximum atomic E-state index is 12.2. The molecule has 168 valence electrons. The Morgan fingerprint density at radius 3 is 2.69 bits per heavy atom. The van der Waals surface area contributed by atoms with Crippen LogP contribution < -0.4 is 15.8 Å². The first-order valence-electron chi connectivity index (χ1n) is 11.4. The second-order valence-corrected chi connectivity index (χ2v) is 8.74. The summed E-state index contributed by atoms with van der Waals surface area (Å²) in [5.74, 6) is -0.0770. The second-order valence-electron chi connectivity index (χ2n) is 8.74. The average Bonchev–Trinajstić information content (AvgIpc) is 3.51. The molecule has 1 aliphatic carbocycles. The average molecular weight is 436 g/mol. The normalized spacial score (nSPS) is 17.1. The van der Waals surface area contributed by atoms with Crippen molar-refractivity contribution in [3.8, 4) is 0 Å². The number of amides is 1. The summed E-state index contributed by atoms with van der Waals surface area (Å²) in [4.78, 5) is 36.4. The van der Waals surface area contributed by atoms with Crippen LogP contribution in [-0.4, -0.2) is 62.6 Å². The Morgan fingerprint density at radius 2 is 2.00 bits per heavy atom. The minimum absolute atomic E-state index is 0.0416. The predicted molar refractivity (Wildman–Crippen MR) is 122 cm³/mol. The van der Waals surface area contributed by atoms with Gasteiger partial charge in [0.1, 0.15) is 11.3 Å². The van der Waals surface area contributed by atoms with E-state index < -0.39 is 0 Å². The first-order chi connectivity index (χ1) is 15.5. The Hall–Kier alpha value is -3.20. The van der Waals surface area contributed by atoms with E-state index in [9.17, 15) is 9.59 Å². The number of H-pyrrole nitrogens is 1. The van der Waals surface area contributed by atoms with Crippen molar-refractivity contribution in [3.05, 3.63) is 57.4 Å². The highest BCUT2D eigenvalue weighted by atomic mass is 16.2. The standard InChI is InChI=1S/C23H29N7O2/c1-3-16-13-30-21(26-22(16)31)12-18(27-30)14-28-8-10-29(11-9-28)20-7-6-19(24-15(20)2)23(32)25-17-4-5-17/h6-7,12-13,17H,3-5,8-11,14H2,1-2H3,(H,25,32)(H,26,31). The number of aromatic nitrogens is 4. The van der Waals surface area contributed by atoms with Gasteiger partial charge in [-0.3, -0.25) is 14.5 Å². The van der Waals surface area contributed by atoms with Gasteiger partial charge in [0.05, 0.1) is 17.1 Å². The van der Waals surface area contributed by atoms with Gasteiger partial charge in [0.2, 0.25) is 0 Å². The van der Waals surface area contributed by atoms with Gasteiger partial charge in [0.15, 0.2) is 0 Å². The van der Waals surface area contributed by atoms with Gasteiger partial charge in [-0.25, -0.2) is 9.50 Å². The lowest BCUT2D eigenvalue weighted by atomic mass is 10.2. The van der Waals surface area contributed by atoms with Crippen molar-refractivity contribution in [3.63, 3.8) is 0 Å². The van der Waals surface area contributed by atoms with Crippen LogP contribution in [0.3, 0.4) is 0 Å². The number of hydrogen-bond acceptors (Lipinski definition) is 6. The Labute approximate surface area is 186 Å². The fourth-order valence-electron chi connectivity index (χ4n) is 4.25. The van der Waals surface area contributed by atoms with Crippen LogP contribution >= 0.6 is 0 Å². The van der Waals surface area contributed by atoms with E-state index in [1.54, 1.807) is 4.52 Å². The fourth-order valence-corrected chi connectivity index (χ4v) is 4.25. The molecule has 0 unspecified atom stereocenters. The lowest BCUT2D eigenvalue weighted by Crippen LogP contribution is -2.46. The summed E-state index contributed by atoms with van der Waals surface area (Å²) in [7, 11) is 0. The van der Waals surface area contributed by atoms with Crippen molar-refractivity contribution in [2.75, 3.05) is 31.1 Å². The molecule has 4 heterocycles. The van der Waals surface area contributed by atoms with Gasteiger partial charge < -0.3 is 15.2 Å². The zero-order valence-electron chi connectivity index (χ0n) is 18.6. The van der Waals surface area contributed by atoms with Gasteiger partial charge in [-0.1, -0.05) is 6.92 Å². The molecule has 0 bridgehead atoms. The monoisotopic (exact) mass is 435 g/mol. The number of carbonyl (C=O) groups is 1. The number of nitrogens with zero attached hydrogens (tertiary/aromatic N) is 5. The smallest absolute Gasteiger partial charge is 0.270 e. The quantitative estimate of drug-likeness (QED) is 0.609. The second kappa shape index (κ2) is 8.38. The lowest BCUT2D eigenvalue weighted by molar-refractivity contribution is 0.0946. The summed E-state index contributed by atoms with van der Waals surface area (Å²) in [6, 6.07) is 6.13. The van der Waals surface area contributed by atoms with Crippen molar-refractivity contribution in [1.82, 2.24) is 29.8 Å². The molecule has 1 saturated carbocycles. The van der Waals surface area contributed by atoms with Gasteiger partial charge in [0.25, 0.3) is 11.5 Å². The Bertz CT molecular complexity index is 1200. The molecule has 0 radical (unpaired) electrons. The first kappa shape index (κ1) is 20.7. The van der Waals surface area contributed by atoms with Crippen molar-refractivity contribution in [2.24, 2.45) is 0 Å². The zero-order chi connectivity index (χ0) is 22.2. The Morgan fingerprint density at radius 1 is 1.22 bits per heavy atom. The van der Waals surface area contributed by atoms with E-state index in [1.165, 1.54) is 0 Å². The highest BCUT2D eigenvalue weighted by Gasteiger charge is 2.25. The van der Waals surface area contributed by atoms with Crippen LogP contribution in [0.1, 0.15) is 47.2 Å². The number of pyridine rings is 1. The largest absolute Gasteiger partial charge is 0.368 e. The minimum Gasteiger partial charge on any atom is -0.368 e. The first-order valence-corrected chi connectivity index (χ1v) is 11.4. The van der Waals surface area contributed by atoms with Crippen LogP contribution in [0.15, 0.2) is 29.2 Å². The molecule has 1 amide bonds. The molecule has 9 heteroatoms. The molecule has 0 aromatic carbocycles. The van der Waals surface area contributed by atoms with Crippen molar-refractivity contribution >= 4 is 17.2 Å². The van der Waals surface area contributed by atoms with Gasteiger partial charge in [-0.15, -0.1) is 0 Å². The molecular weight excluding hydrogens is 406 g/mol. The molecule has 3 aromatic heterocycles. The Balaban J connectivity index is 1.21. The molecule has 1 saturated heterocycles. The van der Waals surface area contributed by atoms with Crippen molar-refractivity contribution in [2.45, 2.75) is 45.7 Å². The summed E-state index contributed by atoms with van der Waals surface area (Å²) in [5, 5.41) is 7.64. The molecule has 2 aliphatic rings.